The third-order valence-corrected chi connectivity index (χ3v) is 2.03. The molecule has 0 aliphatic heterocycles. The smallest absolute Gasteiger partial charge is 0.325 e. The summed E-state index contributed by atoms with van der Waals surface area (Å²) in [5, 5.41) is 0. The Morgan fingerprint density at radius 1 is 1.19 bits per heavy atom. The molecule has 1 aromatic rings. The Kier molecular flexibility index (Phi) is 3.28. The molecule has 1 rings (SSSR count). The Balaban J connectivity index is 3.15. The first-order chi connectivity index (χ1) is 7.11. The molecule has 0 bridgehead atoms. The highest BCUT2D eigenvalue weighted by Gasteiger charge is 2.35. The van der Waals surface area contributed by atoms with Crippen molar-refractivity contribution in [2.24, 2.45) is 5.73 Å². The molecule has 5 heteroatoms. The Bertz CT molecular complexity index is 377. The van der Waals surface area contributed by atoms with Crippen LogP contribution in [0.15, 0.2) is 18.2 Å². The molecular formula is C11H13F4N. The van der Waals surface area contributed by atoms with Gasteiger partial charge in [0.25, 0.3) is 0 Å². The fraction of sp³-hybridized carbons (Fsp3) is 0.455. The van der Waals surface area contributed by atoms with Gasteiger partial charge in [-0.05, 0) is 31.9 Å². The molecule has 0 aliphatic carbocycles. The van der Waals surface area contributed by atoms with Gasteiger partial charge in [-0.3, -0.25) is 0 Å². The van der Waals surface area contributed by atoms with Gasteiger partial charge in [0.2, 0.25) is 0 Å². The van der Waals surface area contributed by atoms with E-state index in [2.05, 4.69) is 0 Å². The topological polar surface area (TPSA) is 26.0 Å². The largest absolute Gasteiger partial charge is 0.419 e. The summed E-state index contributed by atoms with van der Waals surface area (Å²) in [7, 11) is 0. The minimum atomic E-state index is -4.67. The molecule has 0 aromatic heterocycles. The minimum absolute atomic E-state index is 0.0117. The van der Waals surface area contributed by atoms with Crippen LogP contribution in [0.2, 0.25) is 0 Å². The van der Waals surface area contributed by atoms with Crippen molar-refractivity contribution >= 4 is 0 Å². The summed E-state index contributed by atoms with van der Waals surface area (Å²) in [5.74, 6) is -1.23. The Hall–Kier alpha value is -1.10. The lowest BCUT2D eigenvalue weighted by Gasteiger charge is -2.20. The van der Waals surface area contributed by atoms with Gasteiger partial charge in [0.15, 0.2) is 0 Å². The number of benzene rings is 1. The maximum atomic E-state index is 13.5. The van der Waals surface area contributed by atoms with Crippen LogP contribution < -0.4 is 5.73 Å². The highest BCUT2D eigenvalue weighted by Crippen LogP contribution is 2.32. The van der Waals surface area contributed by atoms with Gasteiger partial charge in [-0.1, -0.05) is 12.1 Å². The van der Waals surface area contributed by atoms with E-state index in [1.807, 2.05) is 0 Å². The molecule has 1 nitrogen and oxygen atoms in total. The van der Waals surface area contributed by atoms with Crippen LogP contribution in [0.5, 0.6) is 0 Å². The van der Waals surface area contributed by atoms with Crippen molar-refractivity contribution in [3.8, 4) is 0 Å². The molecule has 90 valence electrons. The predicted octanol–water partition coefficient (Wildman–Crippen LogP) is 3.12. The average Bonchev–Trinajstić information content (AvgIpc) is 2.04. The van der Waals surface area contributed by atoms with E-state index in [0.29, 0.717) is 0 Å². The van der Waals surface area contributed by atoms with Gasteiger partial charge >= 0.3 is 6.18 Å². The van der Waals surface area contributed by atoms with Gasteiger partial charge < -0.3 is 5.73 Å². The van der Waals surface area contributed by atoms with Crippen molar-refractivity contribution in [3.05, 3.63) is 35.1 Å². The Morgan fingerprint density at radius 2 is 1.75 bits per heavy atom. The van der Waals surface area contributed by atoms with E-state index in [0.717, 1.165) is 6.07 Å². The van der Waals surface area contributed by atoms with Crippen LogP contribution in [0, 0.1) is 5.82 Å². The first-order valence-electron chi connectivity index (χ1n) is 4.75. The molecule has 0 spiro atoms. The molecule has 0 heterocycles. The number of rotatable bonds is 2. The second-order valence-corrected chi connectivity index (χ2v) is 4.44. The summed E-state index contributed by atoms with van der Waals surface area (Å²) in [6.07, 6.45) is -4.61. The Labute approximate surface area is 91.3 Å². The van der Waals surface area contributed by atoms with Crippen LogP contribution >= 0.6 is 0 Å². The van der Waals surface area contributed by atoms with E-state index in [4.69, 9.17) is 5.73 Å². The molecule has 1 aromatic carbocycles. The quantitative estimate of drug-likeness (QED) is 0.783. The highest BCUT2D eigenvalue weighted by atomic mass is 19.4. The van der Waals surface area contributed by atoms with Crippen molar-refractivity contribution in [1.82, 2.24) is 0 Å². The maximum absolute atomic E-state index is 13.5. The summed E-state index contributed by atoms with van der Waals surface area (Å²) in [6, 6.07) is 3.23. The van der Waals surface area contributed by atoms with Crippen molar-refractivity contribution in [3.63, 3.8) is 0 Å². The molecule has 0 saturated heterocycles. The summed E-state index contributed by atoms with van der Waals surface area (Å²) < 4.78 is 50.7. The van der Waals surface area contributed by atoms with Gasteiger partial charge in [-0.2, -0.15) is 13.2 Å². The third kappa shape index (κ3) is 3.20. The van der Waals surface area contributed by atoms with Gasteiger partial charge in [0.05, 0.1) is 5.56 Å². The SMILES string of the molecule is CC(C)(N)Cc1cccc(C(F)(F)F)c1F. The van der Waals surface area contributed by atoms with E-state index >= 15 is 0 Å². The zero-order valence-electron chi connectivity index (χ0n) is 9.03. The summed E-state index contributed by atoms with van der Waals surface area (Å²) >= 11 is 0. The van der Waals surface area contributed by atoms with Crippen LogP contribution in [0.3, 0.4) is 0 Å². The second-order valence-electron chi connectivity index (χ2n) is 4.44. The van der Waals surface area contributed by atoms with Crippen LogP contribution in [0.4, 0.5) is 17.6 Å². The average molecular weight is 235 g/mol. The lowest BCUT2D eigenvalue weighted by Crippen LogP contribution is -2.35. The molecule has 0 atom stereocenters. The van der Waals surface area contributed by atoms with E-state index in [9.17, 15) is 17.6 Å². The van der Waals surface area contributed by atoms with Crippen LogP contribution in [0.1, 0.15) is 25.0 Å². The first-order valence-corrected chi connectivity index (χ1v) is 4.75. The van der Waals surface area contributed by atoms with Gasteiger partial charge in [0.1, 0.15) is 5.82 Å². The fourth-order valence-electron chi connectivity index (χ4n) is 1.43. The highest BCUT2D eigenvalue weighted by molar-refractivity contribution is 5.29. The van der Waals surface area contributed by atoms with Crippen molar-refractivity contribution < 1.29 is 17.6 Å². The zero-order chi connectivity index (χ0) is 12.6. The van der Waals surface area contributed by atoms with E-state index in [-0.39, 0.29) is 12.0 Å². The van der Waals surface area contributed by atoms with E-state index < -0.39 is 23.1 Å². The molecule has 16 heavy (non-hydrogen) atoms. The standard InChI is InChI=1S/C11H13F4N/c1-10(2,16)6-7-4-3-5-8(9(7)12)11(13,14)15/h3-5H,6,16H2,1-2H3. The molecule has 0 saturated carbocycles. The van der Waals surface area contributed by atoms with Crippen LogP contribution in [0.25, 0.3) is 0 Å². The molecule has 0 fully saturated rings. The monoisotopic (exact) mass is 235 g/mol. The van der Waals surface area contributed by atoms with E-state index in [1.54, 1.807) is 13.8 Å². The predicted molar refractivity (Wildman–Crippen MR) is 53.4 cm³/mol. The molecular weight excluding hydrogens is 222 g/mol. The summed E-state index contributed by atoms with van der Waals surface area (Å²) in [5.41, 5.74) is 3.65. The fourth-order valence-corrected chi connectivity index (χ4v) is 1.43. The van der Waals surface area contributed by atoms with Crippen LogP contribution in [-0.4, -0.2) is 5.54 Å². The van der Waals surface area contributed by atoms with Crippen molar-refractivity contribution in [2.45, 2.75) is 32.0 Å². The number of hydrogen-bond donors (Lipinski definition) is 1. The number of alkyl halides is 3. The Morgan fingerprint density at radius 3 is 2.19 bits per heavy atom. The lowest BCUT2D eigenvalue weighted by molar-refractivity contribution is -0.140. The van der Waals surface area contributed by atoms with Crippen molar-refractivity contribution in [2.75, 3.05) is 0 Å². The summed E-state index contributed by atoms with van der Waals surface area (Å²) in [6.45, 7) is 3.26. The van der Waals surface area contributed by atoms with Gasteiger partial charge in [0, 0.05) is 5.54 Å². The van der Waals surface area contributed by atoms with Gasteiger partial charge in [-0.15, -0.1) is 0 Å². The lowest BCUT2D eigenvalue weighted by atomic mass is 9.94. The number of nitrogens with two attached hydrogens (primary N) is 1. The van der Waals surface area contributed by atoms with E-state index in [1.165, 1.54) is 12.1 Å². The molecule has 0 unspecified atom stereocenters. The van der Waals surface area contributed by atoms with Crippen molar-refractivity contribution in [1.29, 1.82) is 0 Å². The zero-order valence-corrected chi connectivity index (χ0v) is 9.03. The molecule has 0 aliphatic rings. The number of hydrogen-bond acceptors (Lipinski definition) is 1. The summed E-state index contributed by atoms with van der Waals surface area (Å²) in [4.78, 5) is 0. The molecule has 0 radical (unpaired) electrons. The minimum Gasteiger partial charge on any atom is -0.325 e. The third-order valence-electron chi connectivity index (χ3n) is 2.03. The first kappa shape index (κ1) is 13.0. The number of halogens is 4. The van der Waals surface area contributed by atoms with Crippen LogP contribution in [-0.2, 0) is 12.6 Å². The van der Waals surface area contributed by atoms with Gasteiger partial charge in [-0.25, -0.2) is 4.39 Å². The maximum Gasteiger partial charge on any atom is 0.419 e. The molecule has 0 amide bonds. The normalized spacial score (nSPS) is 12.9. The second kappa shape index (κ2) is 4.05. The molecule has 2 N–H and O–H groups in total.